The summed E-state index contributed by atoms with van der Waals surface area (Å²) in [6, 6.07) is 4.26. The minimum absolute atomic E-state index is 0.158. The molecule has 2 atom stereocenters. The van der Waals surface area contributed by atoms with Gasteiger partial charge >= 0.3 is 0 Å². The molecule has 2 heterocycles. The van der Waals surface area contributed by atoms with Crippen LogP contribution in [0.4, 0.5) is 0 Å². The van der Waals surface area contributed by atoms with E-state index in [0.717, 1.165) is 25.4 Å². The number of rotatable bonds is 4. The van der Waals surface area contributed by atoms with Gasteiger partial charge in [-0.2, -0.15) is 0 Å². The number of nitrogens with zero attached hydrogens (tertiary/aromatic N) is 1. The Morgan fingerprint density at radius 2 is 2.00 bits per heavy atom. The zero-order valence-electron chi connectivity index (χ0n) is 10.6. The summed E-state index contributed by atoms with van der Waals surface area (Å²) in [4.78, 5) is 4.06. The highest BCUT2D eigenvalue weighted by atomic mass is 14.9. The Kier molecular flexibility index (Phi) is 4.51. The minimum Gasteiger partial charge on any atom is -0.324 e. The van der Waals surface area contributed by atoms with Crippen LogP contribution in [-0.2, 0) is 0 Å². The normalized spacial score (nSPS) is 21.1. The maximum absolute atomic E-state index is 6.43. The monoisotopic (exact) mass is 233 g/mol. The number of pyridine rings is 1. The van der Waals surface area contributed by atoms with E-state index < -0.39 is 0 Å². The highest BCUT2D eigenvalue weighted by Crippen LogP contribution is 2.33. The van der Waals surface area contributed by atoms with Gasteiger partial charge in [-0.25, -0.2) is 0 Å². The number of nitrogens with two attached hydrogens (primary N) is 1. The molecule has 1 aromatic rings. The summed E-state index contributed by atoms with van der Waals surface area (Å²) in [6.07, 6.45) is 7.36. The van der Waals surface area contributed by atoms with Crippen molar-refractivity contribution in [3.05, 3.63) is 30.1 Å². The van der Waals surface area contributed by atoms with Crippen LogP contribution in [0.25, 0.3) is 0 Å². The van der Waals surface area contributed by atoms with Crippen molar-refractivity contribution in [3.63, 3.8) is 0 Å². The summed E-state index contributed by atoms with van der Waals surface area (Å²) in [5.41, 5.74) is 7.66. The molecule has 3 heteroatoms. The first-order valence-electron chi connectivity index (χ1n) is 6.69. The second-order valence-electron chi connectivity index (χ2n) is 4.97. The van der Waals surface area contributed by atoms with Crippen LogP contribution in [0.5, 0.6) is 0 Å². The van der Waals surface area contributed by atoms with Gasteiger partial charge < -0.3 is 11.1 Å². The van der Waals surface area contributed by atoms with Crippen LogP contribution < -0.4 is 11.1 Å². The van der Waals surface area contributed by atoms with E-state index in [-0.39, 0.29) is 6.04 Å². The molecule has 0 saturated carbocycles. The Bertz CT molecular complexity index is 319. The van der Waals surface area contributed by atoms with Crippen molar-refractivity contribution in [1.29, 1.82) is 0 Å². The van der Waals surface area contributed by atoms with E-state index in [1.165, 1.54) is 18.4 Å². The number of hydrogen-bond donors (Lipinski definition) is 2. The summed E-state index contributed by atoms with van der Waals surface area (Å²) in [7, 11) is 0. The third-order valence-corrected chi connectivity index (χ3v) is 4.01. The van der Waals surface area contributed by atoms with Crippen LogP contribution in [0.1, 0.15) is 37.8 Å². The molecule has 94 valence electrons. The topological polar surface area (TPSA) is 50.9 Å². The third kappa shape index (κ3) is 3.05. The molecule has 17 heavy (non-hydrogen) atoms. The Labute approximate surface area is 104 Å². The van der Waals surface area contributed by atoms with Crippen LogP contribution in [0.3, 0.4) is 0 Å². The molecule has 1 aliphatic rings. The number of piperidine rings is 1. The zero-order valence-corrected chi connectivity index (χ0v) is 10.6. The molecule has 1 saturated heterocycles. The molecule has 1 fully saturated rings. The van der Waals surface area contributed by atoms with E-state index >= 15 is 0 Å². The van der Waals surface area contributed by atoms with Gasteiger partial charge in [0.2, 0.25) is 0 Å². The maximum atomic E-state index is 6.43. The number of aromatic nitrogens is 1. The smallest absolute Gasteiger partial charge is 0.0327 e. The third-order valence-electron chi connectivity index (χ3n) is 4.01. The predicted molar refractivity (Wildman–Crippen MR) is 70.5 cm³/mol. The van der Waals surface area contributed by atoms with Crippen molar-refractivity contribution < 1.29 is 0 Å². The summed E-state index contributed by atoms with van der Waals surface area (Å²) in [6.45, 7) is 4.54. The first-order valence-corrected chi connectivity index (χ1v) is 6.69. The molecule has 0 aromatic carbocycles. The lowest BCUT2D eigenvalue weighted by Crippen LogP contribution is -2.35. The van der Waals surface area contributed by atoms with E-state index in [0.29, 0.717) is 5.92 Å². The molecule has 2 unspecified atom stereocenters. The van der Waals surface area contributed by atoms with Crippen molar-refractivity contribution in [2.24, 2.45) is 17.6 Å². The molecule has 0 radical (unpaired) electrons. The lowest BCUT2D eigenvalue weighted by molar-refractivity contribution is 0.219. The summed E-state index contributed by atoms with van der Waals surface area (Å²) in [5.74, 6) is 1.36. The molecule has 0 aliphatic carbocycles. The van der Waals surface area contributed by atoms with Gasteiger partial charge in [-0.15, -0.1) is 0 Å². The molecule has 1 aliphatic heterocycles. The van der Waals surface area contributed by atoms with Gasteiger partial charge in [0, 0.05) is 18.4 Å². The van der Waals surface area contributed by atoms with Crippen LogP contribution in [0, 0.1) is 11.8 Å². The second-order valence-corrected chi connectivity index (χ2v) is 4.97. The van der Waals surface area contributed by atoms with Gasteiger partial charge in [-0.1, -0.05) is 13.3 Å². The largest absolute Gasteiger partial charge is 0.324 e. The molecular weight excluding hydrogens is 210 g/mol. The Morgan fingerprint density at radius 1 is 1.35 bits per heavy atom. The van der Waals surface area contributed by atoms with Gasteiger partial charge in [0.25, 0.3) is 0 Å². The average Bonchev–Trinajstić information content (AvgIpc) is 2.42. The minimum atomic E-state index is 0.158. The Hall–Kier alpha value is -0.930. The lowest BCUT2D eigenvalue weighted by atomic mass is 9.77. The van der Waals surface area contributed by atoms with Gasteiger partial charge in [0.05, 0.1) is 0 Å². The molecule has 2 rings (SSSR count). The molecule has 0 amide bonds. The second kappa shape index (κ2) is 6.12. The molecule has 3 N–H and O–H groups in total. The summed E-state index contributed by atoms with van der Waals surface area (Å²) >= 11 is 0. The fraction of sp³-hybridized carbons (Fsp3) is 0.643. The van der Waals surface area contributed by atoms with Crippen LogP contribution >= 0.6 is 0 Å². The molecule has 3 nitrogen and oxygen atoms in total. The SMILES string of the molecule is CCC(C1CCNCC1)C(N)c1ccncc1. The van der Waals surface area contributed by atoms with Crippen molar-refractivity contribution in [2.45, 2.75) is 32.2 Å². The van der Waals surface area contributed by atoms with Crippen molar-refractivity contribution in [3.8, 4) is 0 Å². The van der Waals surface area contributed by atoms with E-state index in [1.807, 2.05) is 12.4 Å². The van der Waals surface area contributed by atoms with E-state index in [1.54, 1.807) is 0 Å². The average molecular weight is 233 g/mol. The van der Waals surface area contributed by atoms with Gasteiger partial charge in [0.15, 0.2) is 0 Å². The van der Waals surface area contributed by atoms with Crippen molar-refractivity contribution in [2.75, 3.05) is 13.1 Å². The highest BCUT2D eigenvalue weighted by molar-refractivity contribution is 5.15. The highest BCUT2D eigenvalue weighted by Gasteiger charge is 2.27. The molecular formula is C14H23N3. The summed E-state index contributed by atoms with van der Waals surface area (Å²) in [5, 5.41) is 3.42. The van der Waals surface area contributed by atoms with E-state index in [4.69, 9.17) is 5.73 Å². The fourth-order valence-corrected chi connectivity index (χ4v) is 2.99. The lowest BCUT2D eigenvalue weighted by Gasteiger charge is -2.34. The van der Waals surface area contributed by atoms with Crippen molar-refractivity contribution in [1.82, 2.24) is 10.3 Å². The maximum Gasteiger partial charge on any atom is 0.0327 e. The first kappa shape index (κ1) is 12.5. The fourth-order valence-electron chi connectivity index (χ4n) is 2.99. The van der Waals surface area contributed by atoms with Gasteiger partial charge in [-0.05, 0) is 55.5 Å². The standard InChI is InChI=1S/C14H23N3/c1-2-13(11-3-7-16-8-4-11)14(15)12-5-9-17-10-6-12/h5-6,9-11,13-14,16H,2-4,7-8,15H2,1H3. The Morgan fingerprint density at radius 3 is 2.59 bits per heavy atom. The van der Waals surface area contributed by atoms with E-state index in [9.17, 15) is 0 Å². The van der Waals surface area contributed by atoms with Gasteiger partial charge in [0.1, 0.15) is 0 Å². The molecule has 0 bridgehead atoms. The Balaban J connectivity index is 2.06. The van der Waals surface area contributed by atoms with Crippen LogP contribution in [-0.4, -0.2) is 18.1 Å². The molecule has 1 aromatic heterocycles. The van der Waals surface area contributed by atoms with Crippen LogP contribution in [0.2, 0.25) is 0 Å². The summed E-state index contributed by atoms with van der Waals surface area (Å²) < 4.78 is 0. The van der Waals surface area contributed by atoms with Crippen LogP contribution in [0.15, 0.2) is 24.5 Å². The number of hydrogen-bond acceptors (Lipinski definition) is 3. The zero-order chi connectivity index (χ0) is 12.1. The van der Waals surface area contributed by atoms with Crippen molar-refractivity contribution >= 4 is 0 Å². The van der Waals surface area contributed by atoms with Gasteiger partial charge in [-0.3, -0.25) is 4.98 Å². The predicted octanol–water partition coefficient (Wildman–Crippen LogP) is 2.11. The number of nitrogens with one attached hydrogen (secondary N) is 1. The first-order chi connectivity index (χ1) is 8.33. The van der Waals surface area contributed by atoms with E-state index in [2.05, 4.69) is 29.4 Å². The molecule has 0 spiro atoms. The quantitative estimate of drug-likeness (QED) is 0.837.